The summed E-state index contributed by atoms with van der Waals surface area (Å²) in [4.78, 5) is 2.38. The predicted octanol–water partition coefficient (Wildman–Crippen LogP) is 2.08. The van der Waals surface area contributed by atoms with Crippen molar-refractivity contribution in [3.63, 3.8) is 0 Å². The Morgan fingerprint density at radius 2 is 2.06 bits per heavy atom. The van der Waals surface area contributed by atoms with Gasteiger partial charge in [0.05, 0.1) is 6.07 Å². The molecule has 1 aromatic carbocycles. The summed E-state index contributed by atoms with van der Waals surface area (Å²) >= 11 is 0. The fourth-order valence-electron chi connectivity index (χ4n) is 3.46. The van der Waals surface area contributed by atoms with Gasteiger partial charge in [0.15, 0.2) is 0 Å². The van der Waals surface area contributed by atoms with Gasteiger partial charge in [-0.05, 0) is 50.9 Å². The first-order valence-electron chi connectivity index (χ1n) is 6.76. The standard InChI is InChI=1S/C15H19N3/c1-12-10-13-4-2-3-5-14(13)18(12)15(11-16)6-8-17-9-7-15/h2-5,12,17H,6-10H2,1H3. The van der Waals surface area contributed by atoms with Crippen molar-refractivity contribution in [3.05, 3.63) is 29.8 Å². The number of piperidine rings is 1. The van der Waals surface area contributed by atoms with Gasteiger partial charge < -0.3 is 10.2 Å². The van der Waals surface area contributed by atoms with E-state index in [1.165, 1.54) is 11.3 Å². The first-order valence-corrected chi connectivity index (χ1v) is 6.76. The number of rotatable bonds is 1. The number of anilines is 1. The van der Waals surface area contributed by atoms with Gasteiger partial charge in [-0.25, -0.2) is 0 Å². The fourth-order valence-corrected chi connectivity index (χ4v) is 3.46. The van der Waals surface area contributed by atoms with E-state index in [0.717, 1.165) is 32.4 Å². The average Bonchev–Trinajstić information content (AvgIpc) is 2.76. The lowest BCUT2D eigenvalue weighted by Gasteiger charge is -2.43. The van der Waals surface area contributed by atoms with Crippen LogP contribution in [0, 0.1) is 11.3 Å². The predicted molar refractivity (Wildman–Crippen MR) is 72.5 cm³/mol. The van der Waals surface area contributed by atoms with Crippen LogP contribution in [-0.2, 0) is 6.42 Å². The van der Waals surface area contributed by atoms with Crippen molar-refractivity contribution < 1.29 is 0 Å². The molecule has 0 spiro atoms. The van der Waals surface area contributed by atoms with Crippen molar-refractivity contribution in [3.8, 4) is 6.07 Å². The van der Waals surface area contributed by atoms with Crippen molar-refractivity contribution in [1.82, 2.24) is 5.32 Å². The minimum atomic E-state index is -0.308. The number of para-hydroxylation sites is 1. The molecule has 2 aliphatic rings. The third kappa shape index (κ3) is 1.60. The van der Waals surface area contributed by atoms with Gasteiger partial charge in [0.2, 0.25) is 0 Å². The van der Waals surface area contributed by atoms with E-state index in [9.17, 15) is 5.26 Å². The van der Waals surface area contributed by atoms with Gasteiger partial charge in [0.25, 0.3) is 0 Å². The van der Waals surface area contributed by atoms with Crippen molar-refractivity contribution in [1.29, 1.82) is 5.26 Å². The zero-order valence-corrected chi connectivity index (χ0v) is 10.8. The van der Waals surface area contributed by atoms with Crippen LogP contribution < -0.4 is 10.2 Å². The molecule has 0 bridgehead atoms. The van der Waals surface area contributed by atoms with Gasteiger partial charge in [0, 0.05) is 11.7 Å². The molecule has 0 amide bonds. The Labute approximate surface area is 108 Å². The number of fused-ring (bicyclic) bond motifs is 1. The molecule has 3 rings (SSSR count). The first-order chi connectivity index (χ1) is 8.77. The molecule has 0 saturated carbocycles. The van der Waals surface area contributed by atoms with Crippen LogP contribution in [0.25, 0.3) is 0 Å². The zero-order valence-electron chi connectivity index (χ0n) is 10.8. The highest BCUT2D eigenvalue weighted by atomic mass is 15.3. The highest BCUT2D eigenvalue weighted by molar-refractivity contribution is 5.62. The quantitative estimate of drug-likeness (QED) is 0.818. The summed E-state index contributed by atoms with van der Waals surface area (Å²) in [6.45, 7) is 4.12. The van der Waals surface area contributed by atoms with Crippen molar-refractivity contribution in [2.24, 2.45) is 0 Å². The molecule has 0 aliphatic carbocycles. The molecule has 3 heteroatoms. The Morgan fingerprint density at radius 3 is 2.78 bits per heavy atom. The molecular weight excluding hydrogens is 222 g/mol. The van der Waals surface area contributed by atoms with Gasteiger partial charge in [-0.15, -0.1) is 0 Å². The van der Waals surface area contributed by atoms with Gasteiger partial charge >= 0.3 is 0 Å². The minimum Gasteiger partial charge on any atom is -0.350 e. The van der Waals surface area contributed by atoms with E-state index in [1.54, 1.807) is 0 Å². The third-order valence-corrected chi connectivity index (χ3v) is 4.31. The SMILES string of the molecule is CC1Cc2ccccc2N1C1(C#N)CCNCC1. The second-order valence-corrected chi connectivity index (χ2v) is 5.45. The van der Waals surface area contributed by atoms with E-state index in [2.05, 4.69) is 47.5 Å². The van der Waals surface area contributed by atoms with Gasteiger partial charge in [-0.3, -0.25) is 0 Å². The van der Waals surface area contributed by atoms with Crippen LogP contribution >= 0.6 is 0 Å². The van der Waals surface area contributed by atoms with E-state index >= 15 is 0 Å². The molecule has 2 aliphatic heterocycles. The topological polar surface area (TPSA) is 39.1 Å². The lowest BCUT2D eigenvalue weighted by molar-refractivity contribution is 0.342. The summed E-state index contributed by atoms with van der Waals surface area (Å²) in [5.74, 6) is 0. The molecule has 0 aromatic heterocycles. The molecule has 1 aromatic rings. The van der Waals surface area contributed by atoms with Crippen LogP contribution in [0.3, 0.4) is 0 Å². The van der Waals surface area contributed by atoms with Gasteiger partial charge in [-0.1, -0.05) is 18.2 Å². The zero-order chi connectivity index (χ0) is 12.6. The highest BCUT2D eigenvalue weighted by Gasteiger charge is 2.44. The summed E-state index contributed by atoms with van der Waals surface area (Å²) in [6.07, 6.45) is 2.90. The fraction of sp³-hybridized carbons (Fsp3) is 0.533. The van der Waals surface area contributed by atoms with Crippen LogP contribution in [0.4, 0.5) is 5.69 Å². The van der Waals surface area contributed by atoms with Crippen LogP contribution in [-0.4, -0.2) is 24.7 Å². The molecule has 3 nitrogen and oxygen atoms in total. The normalized spacial score (nSPS) is 25.6. The molecule has 1 saturated heterocycles. The van der Waals surface area contributed by atoms with Crippen LogP contribution in [0.2, 0.25) is 0 Å². The Balaban J connectivity index is 2.03. The minimum absolute atomic E-state index is 0.308. The average molecular weight is 241 g/mol. The number of nitrogens with zero attached hydrogens (tertiary/aromatic N) is 2. The molecule has 1 unspecified atom stereocenters. The van der Waals surface area contributed by atoms with Crippen molar-refractivity contribution >= 4 is 5.69 Å². The smallest absolute Gasteiger partial charge is 0.130 e. The van der Waals surface area contributed by atoms with Crippen molar-refractivity contribution in [2.45, 2.75) is 37.8 Å². The lowest BCUT2D eigenvalue weighted by Crippen LogP contribution is -2.56. The number of nitrogens with one attached hydrogen (secondary N) is 1. The maximum atomic E-state index is 9.73. The maximum Gasteiger partial charge on any atom is 0.130 e. The Morgan fingerprint density at radius 1 is 1.33 bits per heavy atom. The first kappa shape index (κ1) is 11.6. The van der Waals surface area contributed by atoms with Crippen LogP contribution in [0.15, 0.2) is 24.3 Å². The number of benzene rings is 1. The van der Waals surface area contributed by atoms with E-state index in [1.807, 2.05) is 0 Å². The summed E-state index contributed by atoms with van der Waals surface area (Å²) in [5.41, 5.74) is 2.35. The number of nitriles is 1. The third-order valence-electron chi connectivity index (χ3n) is 4.31. The second kappa shape index (κ2) is 4.29. The molecule has 1 N–H and O–H groups in total. The monoisotopic (exact) mass is 241 g/mol. The summed E-state index contributed by atoms with van der Waals surface area (Å²) in [6, 6.07) is 11.6. The van der Waals surface area contributed by atoms with Gasteiger partial charge in [0.1, 0.15) is 5.54 Å². The van der Waals surface area contributed by atoms with Gasteiger partial charge in [-0.2, -0.15) is 5.26 Å². The van der Waals surface area contributed by atoms with E-state index < -0.39 is 0 Å². The number of hydrogen-bond donors (Lipinski definition) is 1. The lowest BCUT2D eigenvalue weighted by atomic mass is 9.87. The molecule has 1 atom stereocenters. The van der Waals surface area contributed by atoms with Crippen molar-refractivity contribution in [2.75, 3.05) is 18.0 Å². The molecule has 2 heterocycles. The van der Waals surface area contributed by atoms with E-state index in [-0.39, 0.29) is 5.54 Å². The molecule has 1 fully saturated rings. The summed E-state index contributed by atoms with van der Waals surface area (Å²) in [7, 11) is 0. The molecule has 0 radical (unpaired) electrons. The van der Waals surface area contributed by atoms with Crippen LogP contribution in [0.1, 0.15) is 25.3 Å². The maximum absolute atomic E-state index is 9.73. The second-order valence-electron chi connectivity index (χ2n) is 5.45. The largest absolute Gasteiger partial charge is 0.350 e. The number of hydrogen-bond acceptors (Lipinski definition) is 3. The molecular formula is C15H19N3. The Hall–Kier alpha value is -1.53. The molecule has 18 heavy (non-hydrogen) atoms. The van der Waals surface area contributed by atoms with E-state index in [0.29, 0.717) is 6.04 Å². The molecule has 94 valence electrons. The Bertz CT molecular complexity index is 483. The summed E-state index contributed by atoms with van der Waals surface area (Å²) < 4.78 is 0. The highest BCUT2D eigenvalue weighted by Crippen LogP contribution is 2.40. The summed E-state index contributed by atoms with van der Waals surface area (Å²) in [5, 5.41) is 13.1. The van der Waals surface area contributed by atoms with E-state index in [4.69, 9.17) is 0 Å². The van der Waals surface area contributed by atoms with Crippen LogP contribution in [0.5, 0.6) is 0 Å². The Kier molecular flexibility index (Phi) is 2.76.